The van der Waals surface area contributed by atoms with Crippen LogP contribution in [-0.4, -0.2) is 47.4 Å². The lowest BCUT2D eigenvalue weighted by Gasteiger charge is -2.22. The average Bonchev–Trinajstić information content (AvgIpc) is 3.49. The van der Waals surface area contributed by atoms with Crippen molar-refractivity contribution in [3.05, 3.63) is 12.2 Å². The molecular formula is C77H151NO5. The summed E-state index contributed by atoms with van der Waals surface area (Å²) in [6, 6.07) is -0.543. The minimum Gasteiger partial charge on any atom is -0.466 e. The number of rotatable bonds is 73. The highest BCUT2D eigenvalue weighted by molar-refractivity contribution is 5.76. The lowest BCUT2D eigenvalue weighted by molar-refractivity contribution is -0.143. The third-order valence-electron chi connectivity index (χ3n) is 18.3. The van der Waals surface area contributed by atoms with Crippen molar-refractivity contribution in [1.29, 1.82) is 0 Å². The molecule has 83 heavy (non-hydrogen) atoms. The fourth-order valence-corrected chi connectivity index (χ4v) is 12.5. The molecule has 0 spiro atoms. The number of hydrogen-bond acceptors (Lipinski definition) is 5. The van der Waals surface area contributed by atoms with Crippen LogP contribution in [-0.2, 0) is 14.3 Å². The monoisotopic (exact) mass is 1170 g/mol. The number of amides is 1. The van der Waals surface area contributed by atoms with E-state index in [4.69, 9.17) is 4.74 Å². The van der Waals surface area contributed by atoms with Crippen molar-refractivity contribution in [3.63, 3.8) is 0 Å². The Kier molecular flexibility index (Phi) is 71.8. The summed E-state index contributed by atoms with van der Waals surface area (Å²) in [7, 11) is 0. The summed E-state index contributed by atoms with van der Waals surface area (Å²) >= 11 is 0. The van der Waals surface area contributed by atoms with Gasteiger partial charge >= 0.3 is 5.97 Å². The maximum Gasteiger partial charge on any atom is 0.305 e. The molecule has 6 heteroatoms. The van der Waals surface area contributed by atoms with Crippen LogP contribution in [0.5, 0.6) is 0 Å². The molecule has 0 saturated heterocycles. The molecule has 0 aromatic carbocycles. The molecule has 0 fully saturated rings. The minimum absolute atomic E-state index is 0.0206. The zero-order valence-corrected chi connectivity index (χ0v) is 56.7. The van der Waals surface area contributed by atoms with Crippen molar-refractivity contribution in [3.8, 4) is 0 Å². The SMILES string of the molecule is CCCCCCCCCCCCCCCCCCCCCCCC(O)C(CO)NC(=O)CCCCCCCCCCCC/C=C\CCCCCCCCCCCCCCOC(=O)CCCCCCCCCCCCCCCCCCCCC. The zero-order chi connectivity index (χ0) is 59.9. The molecule has 0 aromatic heterocycles. The van der Waals surface area contributed by atoms with E-state index in [0.717, 1.165) is 38.5 Å². The number of hydrogen-bond donors (Lipinski definition) is 3. The van der Waals surface area contributed by atoms with Gasteiger partial charge in [0.05, 0.1) is 25.4 Å². The lowest BCUT2D eigenvalue weighted by atomic mass is 10.0. The first kappa shape index (κ1) is 81.6. The van der Waals surface area contributed by atoms with Crippen LogP contribution in [0.4, 0.5) is 0 Å². The van der Waals surface area contributed by atoms with Crippen molar-refractivity contribution in [2.45, 2.75) is 456 Å². The molecule has 0 rings (SSSR count). The van der Waals surface area contributed by atoms with E-state index in [1.165, 1.54) is 372 Å². The van der Waals surface area contributed by atoms with Gasteiger partial charge in [-0.25, -0.2) is 0 Å². The van der Waals surface area contributed by atoms with Crippen LogP contribution in [0.3, 0.4) is 0 Å². The maximum absolute atomic E-state index is 12.6. The second-order valence-electron chi connectivity index (χ2n) is 26.7. The van der Waals surface area contributed by atoms with Crippen molar-refractivity contribution in [1.82, 2.24) is 5.32 Å². The highest BCUT2D eigenvalue weighted by Crippen LogP contribution is 2.20. The number of nitrogens with one attached hydrogen (secondary N) is 1. The average molecular weight is 1170 g/mol. The third kappa shape index (κ3) is 69.6. The van der Waals surface area contributed by atoms with Crippen LogP contribution in [0.2, 0.25) is 0 Å². The molecule has 0 aromatic rings. The van der Waals surface area contributed by atoms with Crippen LogP contribution in [0.1, 0.15) is 444 Å². The van der Waals surface area contributed by atoms with Crippen molar-refractivity contribution in [2.24, 2.45) is 0 Å². The van der Waals surface area contributed by atoms with E-state index < -0.39 is 12.1 Å². The highest BCUT2D eigenvalue weighted by atomic mass is 16.5. The Bertz CT molecular complexity index is 1260. The minimum atomic E-state index is -0.666. The number of esters is 1. The highest BCUT2D eigenvalue weighted by Gasteiger charge is 2.20. The standard InChI is InChI=1S/C77H151NO5/c1-3-5-7-9-11-13-15-17-19-21-23-30-34-37-41-45-49-53-57-61-65-69-75(80)74(73-79)78-76(81)70-66-62-58-54-50-46-42-38-35-31-28-26-24-25-27-29-32-36-40-44-48-52-56-60-64-68-72-83-77(82)71-67-63-59-55-51-47-43-39-33-22-20-18-16-14-12-10-8-6-4-2/h24,26,74-75,79-80H,3-23,25,27-73H2,1-2H3,(H,78,81)/b26-24-. The fourth-order valence-electron chi connectivity index (χ4n) is 12.5. The van der Waals surface area contributed by atoms with Gasteiger partial charge in [-0.1, -0.05) is 392 Å². The number of ether oxygens (including phenoxy) is 1. The van der Waals surface area contributed by atoms with E-state index in [2.05, 4.69) is 31.3 Å². The second-order valence-corrected chi connectivity index (χ2v) is 26.7. The lowest BCUT2D eigenvalue weighted by Crippen LogP contribution is -2.45. The summed E-state index contributed by atoms with van der Waals surface area (Å²) in [6.07, 6.45) is 91.4. The van der Waals surface area contributed by atoms with E-state index in [-0.39, 0.29) is 18.5 Å². The number of unbranched alkanes of at least 4 members (excludes halogenated alkanes) is 60. The number of aliphatic hydroxyl groups excluding tert-OH is 2. The summed E-state index contributed by atoms with van der Waals surface area (Å²) < 4.78 is 5.52. The van der Waals surface area contributed by atoms with Gasteiger partial charge in [0.15, 0.2) is 0 Å². The quantitative estimate of drug-likeness (QED) is 0.0320. The number of carbonyl (C=O) groups excluding carboxylic acids is 2. The summed E-state index contributed by atoms with van der Waals surface area (Å²) in [4.78, 5) is 24.7. The van der Waals surface area contributed by atoms with Gasteiger partial charge < -0.3 is 20.3 Å². The Morgan fingerprint density at radius 1 is 0.325 bits per heavy atom. The molecule has 2 unspecified atom stereocenters. The predicted molar refractivity (Wildman–Crippen MR) is 366 cm³/mol. The Morgan fingerprint density at radius 3 is 0.855 bits per heavy atom. The van der Waals surface area contributed by atoms with E-state index in [0.29, 0.717) is 25.9 Å². The molecule has 1 amide bonds. The molecule has 494 valence electrons. The van der Waals surface area contributed by atoms with E-state index in [1.54, 1.807) is 0 Å². The normalized spacial score (nSPS) is 12.5. The van der Waals surface area contributed by atoms with Crippen LogP contribution in [0.25, 0.3) is 0 Å². The first-order chi connectivity index (χ1) is 41.0. The van der Waals surface area contributed by atoms with E-state index in [1.807, 2.05) is 0 Å². The van der Waals surface area contributed by atoms with Crippen LogP contribution in [0.15, 0.2) is 12.2 Å². The van der Waals surface area contributed by atoms with Crippen LogP contribution >= 0.6 is 0 Å². The van der Waals surface area contributed by atoms with E-state index in [9.17, 15) is 19.8 Å². The Labute approximate surface area is 520 Å². The summed E-state index contributed by atoms with van der Waals surface area (Å²) in [5.74, 6) is -0.0109. The molecule has 0 aliphatic heterocycles. The first-order valence-corrected chi connectivity index (χ1v) is 38.4. The van der Waals surface area contributed by atoms with Gasteiger partial charge in [-0.05, 0) is 51.4 Å². The van der Waals surface area contributed by atoms with E-state index >= 15 is 0 Å². The number of aliphatic hydroxyl groups is 2. The summed E-state index contributed by atoms with van der Waals surface area (Å²) in [5, 5.41) is 23.4. The molecule has 2 atom stereocenters. The molecule has 0 aliphatic rings. The zero-order valence-electron chi connectivity index (χ0n) is 56.7. The maximum atomic E-state index is 12.6. The van der Waals surface area contributed by atoms with Gasteiger partial charge in [0.1, 0.15) is 0 Å². The molecule has 0 bridgehead atoms. The molecule has 0 saturated carbocycles. The topological polar surface area (TPSA) is 95.9 Å². The molecular weight excluding hydrogens is 1020 g/mol. The van der Waals surface area contributed by atoms with Crippen molar-refractivity contribution in [2.75, 3.05) is 13.2 Å². The molecule has 6 nitrogen and oxygen atoms in total. The third-order valence-corrected chi connectivity index (χ3v) is 18.3. The molecule has 0 heterocycles. The summed E-state index contributed by atoms with van der Waals surface area (Å²) in [6.45, 7) is 5.01. The van der Waals surface area contributed by atoms with Gasteiger partial charge in [-0.2, -0.15) is 0 Å². The van der Waals surface area contributed by atoms with Crippen LogP contribution < -0.4 is 5.32 Å². The number of allylic oxidation sites excluding steroid dienone is 2. The van der Waals surface area contributed by atoms with Crippen molar-refractivity contribution < 1.29 is 24.5 Å². The second kappa shape index (κ2) is 73.1. The Morgan fingerprint density at radius 2 is 0.566 bits per heavy atom. The van der Waals surface area contributed by atoms with Gasteiger partial charge in [-0.15, -0.1) is 0 Å². The van der Waals surface area contributed by atoms with Gasteiger partial charge in [0, 0.05) is 12.8 Å². The number of carbonyl (C=O) groups is 2. The Hall–Kier alpha value is -1.40. The fraction of sp³-hybridized carbons (Fsp3) is 0.948. The summed E-state index contributed by atoms with van der Waals surface area (Å²) in [5.41, 5.74) is 0. The molecule has 0 aliphatic carbocycles. The molecule has 3 N–H and O–H groups in total. The van der Waals surface area contributed by atoms with Gasteiger partial charge in [0.25, 0.3) is 0 Å². The van der Waals surface area contributed by atoms with Crippen molar-refractivity contribution >= 4 is 11.9 Å². The Balaban J connectivity index is 3.36. The smallest absolute Gasteiger partial charge is 0.305 e. The van der Waals surface area contributed by atoms with Gasteiger partial charge in [0.2, 0.25) is 5.91 Å². The van der Waals surface area contributed by atoms with Gasteiger partial charge in [-0.3, -0.25) is 9.59 Å². The van der Waals surface area contributed by atoms with Crippen LogP contribution in [0, 0.1) is 0 Å². The largest absolute Gasteiger partial charge is 0.466 e. The first-order valence-electron chi connectivity index (χ1n) is 38.4. The predicted octanol–water partition coefficient (Wildman–Crippen LogP) is 25.1. The molecule has 0 radical (unpaired) electrons.